The number of aromatic nitrogens is 1. The summed E-state index contributed by atoms with van der Waals surface area (Å²) in [7, 11) is 2.09. The molecule has 1 atom stereocenters. The number of nitrogens with zero attached hydrogens (tertiary/aromatic N) is 1. The molecular formula is C14H26N2. The van der Waals surface area contributed by atoms with Gasteiger partial charge in [0.15, 0.2) is 0 Å². The van der Waals surface area contributed by atoms with Gasteiger partial charge in [0.2, 0.25) is 0 Å². The summed E-state index contributed by atoms with van der Waals surface area (Å²) in [6.45, 7) is 10.1. The Morgan fingerprint density at radius 2 is 2.06 bits per heavy atom. The molecule has 0 spiro atoms. The van der Waals surface area contributed by atoms with Crippen LogP contribution in [-0.4, -0.2) is 10.6 Å². The second-order valence-electron chi connectivity index (χ2n) is 5.99. The third kappa shape index (κ3) is 4.84. The van der Waals surface area contributed by atoms with Crippen LogP contribution in [0.4, 0.5) is 0 Å². The molecule has 0 radical (unpaired) electrons. The molecule has 2 nitrogen and oxygen atoms in total. The molecule has 0 saturated heterocycles. The fourth-order valence-corrected chi connectivity index (χ4v) is 1.71. The van der Waals surface area contributed by atoms with Crippen molar-refractivity contribution in [1.29, 1.82) is 0 Å². The van der Waals surface area contributed by atoms with E-state index in [1.54, 1.807) is 0 Å². The van der Waals surface area contributed by atoms with E-state index >= 15 is 0 Å². The molecule has 92 valence electrons. The summed E-state index contributed by atoms with van der Waals surface area (Å²) in [4.78, 5) is 0. The van der Waals surface area contributed by atoms with Crippen molar-refractivity contribution < 1.29 is 0 Å². The lowest BCUT2D eigenvalue weighted by molar-refractivity contribution is 0.335. The van der Waals surface area contributed by atoms with Gasteiger partial charge in [-0.25, -0.2) is 0 Å². The monoisotopic (exact) mass is 222 g/mol. The van der Waals surface area contributed by atoms with Crippen molar-refractivity contribution >= 4 is 0 Å². The van der Waals surface area contributed by atoms with Crippen LogP contribution in [0.25, 0.3) is 0 Å². The third-order valence-electron chi connectivity index (χ3n) is 3.01. The normalized spacial score (nSPS) is 14.1. The smallest absolute Gasteiger partial charge is 0.0361 e. The van der Waals surface area contributed by atoms with Gasteiger partial charge < -0.3 is 9.88 Å². The fraction of sp³-hybridized carbons (Fsp3) is 0.714. The summed E-state index contributed by atoms with van der Waals surface area (Å²) < 4.78 is 2.17. The third-order valence-corrected chi connectivity index (χ3v) is 3.01. The Kier molecular flexibility index (Phi) is 4.60. The molecule has 0 saturated carbocycles. The highest BCUT2D eigenvalue weighted by atomic mass is 15.0. The van der Waals surface area contributed by atoms with E-state index in [1.807, 2.05) is 0 Å². The maximum Gasteiger partial charge on any atom is 0.0361 e. The minimum atomic E-state index is 0.445. The summed E-state index contributed by atoms with van der Waals surface area (Å²) in [5.41, 5.74) is 1.79. The van der Waals surface area contributed by atoms with Crippen LogP contribution in [0.2, 0.25) is 0 Å². The maximum absolute atomic E-state index is 3.58. The van der Waals surface area contributed by atoms with Crippen molar-refractivity contribution in [3.05, 3.63) is 24.0 Å². The van der Waals surface area contributed by atoms with Gasteiger partial charge in [0, 0.05) is 31.5 Å². The number of nitrogens with one attached hydrogen (secondary N) is 1. The highest BCUT2D eigenvalue weighted by molar-refractivity contribution is 5.06. The van der Waals surface area contributed by atoms with Crippen molar-refractivity contribution in [1.82, 2.24) is 9.88 Å². The van der Waals surface area contributed by atoms with E-state index in [4.69, 9.17) is 0 Å². The summed E-state index contributed by atoms with van der Waals surface area (Å²) in [6, 6.07) is 4.86. The van der Waals surface area contributed by atoms with Gasteiger partial charge in [-0.3, -0.25) is 0 Å². The van der Waals surface area contributed by atoms with Crippen LogP contribution in [-0.2, 0) is 13.6 Å². The molecule has 0 aliphatic carbocycles. The van der Waals surface area contributed by atoms with Crippen molar-refractivity contribution in [2.24, 2.45) is 12.5 Å². The van der Waals surface area contributed by atoms with Gasteiger partial charge in [-0.2, -0.15) is 0 Å². The van der Waals surface area contributed by atoms with E-state index in [-0.39, 0.29) is 0 Å². The summed E-state index contributed by atoms with van der Waals surface area (Å²) in [5.74, 6) is 0. The van der Waals surface area contributed by atoms with E-state index in [2.05, 4.69) is 63.0 Å². The molecule has 1 rings (SSSR count). The number of hydrogen-bond acceptors (Lipinski definition) is 1. The van der Waals surface area contributed by atoms with Crippen LogP contribution in [0.3, 0.4) is 0 Å². The highest BCUT2D eigenvalue weighted by Gasteiger charge is 2.12. The second kappa shape index (κ2) is 5.53. The molecule has 0 aromatic carbocycles. The number of aryl methyl sites for hydroxylation is 1. The molecule has 1 unspecified atom stereocenters. The lowest BCUT2D eigenvalue weighted by Crippen LogP contribution is -2.27. The Morgan fingerprint density at radius 3 is 2.56 bits per heavy atom. The minimum absolute atomic E-state index is 0.445. The SMILES string of the molecule is CC(CCC(C)(C)C)NCc1cccn1C. The second-order valence-corrected chi connectivity index (χ2v) is 5.99. The van der Waals surface area contributed by atoms with Gasteiger partial charge in [0.05, 0.1) is 0 Å². The molecule has 1 heterocycles. The topological polar surface area (TPSA) is 17.0 Å². The first-order valence-corrected chi connectivity index (χ1v) is 6.22. The van der Waals surface area contributed by atoms with Crippen molar-refractivity contribution in [2.75, 3.05) is 0 Å². The molecule has 0 aliphatic heterocycles. The first-order chi connectivity index (χ1) is 7.38. The average Bonchev–Trinajstić information content (AvgIpc) is 2.57. The van der Waals surface area contributed by atoms with Gasteiger partial charge >= 0.3 is 0 Å². The molecule has 1 aromatic heterocycles. The Morgan fingerprint density at radius 1 is 1.38 bits per heavy atom. The van der Waals surface area contributed by atoms with E-state index in [0.29, 0.717) is 11.5 Å². The van der Waals surface area contributed by atoms with E-state index in [0.717, 1.165) is 6.54 Å². The zero-order chi connectivity index (χ0) is 12.2. The van der Waals surface area contributed by atoms with Crippen LogP contribution >= 0.6 is 0 Å². The van der Waals surface area contributed by atoms with Gasteiger partial charge in [-0.05, 0) is 37.3 Å². The molecule has 0 amide bonds. The van der Waals surface area contributed by atoms with E-state index < -0.39 is 0 Å². The molecular weight excluding hydrogens is 196 g/mol. The Balaban J connectivity index is 2.25. The average molecular weight is 222 g/mol. The standard InChI is InChI=1S/C14H26N2/c1-12(8-9-14(2,3)4)15-11-13-7-6-10-16(13)5/h6-7,10,12,15H,8-9,11H2,1-5H3. The maximum atomic E-state index is 3.58. The summed E-state index contributed by atoms with van der Waals surface area (Å²) >= 11 is 0. The Hall–Kier alpha value is -0.760. The first kappa shape index (κ1) is 13.3. The van der Waals surface area contributed by atoms with E-state index in [1.165, 1.54) is 18.5 Å². The molecule has 16 heavy (non-hydrogen) atoms. The fourth-order valence-electron chi connectivity index (χ4n) is 1.71. The first-order valence-electron chi connectivity index (χ1n) is 6.22. The largest absolute Gasteiger partial charge is 0.353 e. The van der Waals surface area contributed by atoms with Gasteiger partial charge in [0.1, 0.15) is 0 Å². The predicted molar refractivity (Wildman–Crippen MR) is 70.4 cm³/mol. The minimum Gasteiger partial charge on any atom is -0.353 e. The van der Waals surface area contributed by atoms with Crippen LogP contribution in [0.15, 0.2) is 18.3 Å². The van der Waals surface area contributed by atoms with Crippen LogP contribution < -0.4 is 5.32 Å². The summed E-state index contributed by atoms with van der Waals surface area (Å²) in [5, 5.41) is 3.58. The van der Waals surface area contributed by atoms with E-state index in [9.17, 15) is 0 Å². The quantitative estimate of drug-likeness (QED) is 0.808. The van der Waals surface area contributed by atoms with Crippen LogP contribution in [0.1, 0.15) is 46.2 Å². The Bertz CT molecular complexity index is 307. The lowest BCUT2D eigenvalue weighted by Gasteiger charge is -2.21. The summed E-state index contributed by atoms with van der Waals surface area (Å²) in [6.07, 6.45) is 4.61. The van der Waals surface area contributed by atoms with Crippen LogP contribution in [0, 0.1) is 5.41 Å². The number of hydrogen-bond donors (Lipinski definition) is 1. The molecule has 1 N–H and O–H groups in total. The molecule has 2 heteroatoms. The Labute approximate surface area is 100 Å². The highest BCUT2D eigenvalue weighted by Crippen LogP contribution is 2.21. The van der Waals surface area contributed by atoms with Crippen molar-refractivity contribution in [3.8, 4) is 0 Å². The van der Waals surface area contributed by atoms with Gasteiger partial charge in [-0.1, -0.05) is 20.8 Å². The molecule has 0 fully saturated rings. The molecule has 0 aliphatic rings. The van der Waals surface area contributed by atoms with Gasteiger partial charge in [0.25, 0.3) is 0 Å². The number of rotatable bonds is 5. The predicted octanol–water partition coefficient (Wildman–Crippen LogP) is 3.33. The molecule has 0 bridgehead atoms. The lowest BCUT2D eigenvalue weighted by atomic mass is 9.89. The molecule has 1 aromatic rings. The van der Waals surface area contributed by atoms with Crippen LogP contribution in [0.5, 0.6) is 0 Å². The zero-order valence-electron chi connectivity index (χ0n) is 11.4. The van der Waals surface area contributed by atoms with Crippen molar-refractivity contribution in [2.45, 2.75) is 53.1 Å². The van der Waals surface area contributed by atoms with Gasteiger partial charge in [-0.15, -0.1) is 0 Å². The zero-order valence-corrected chi connectivity index (χ0v) is 11.4. The van der Waals surface area contributed by atoms with Crippen molar-refractivity contribution in [3.63, 3.8) is 0 Å².